The van der Waals surface area contributed by atoms with Gasteiger partial charge in [0.15, 0.2) is 3.57 Å². The van der Waals surface area contributed by atoms with Crippen molar-refractivity contribution in [3.8, 4) is 0 Å². The Morgan fingerprint density at radius 3 is 2.76 bits per heavy atom. The predicted molar refractivity (Wildman–Crippen MR) is 84.8 cm³/mol. The van der Waals surface area contributed by atoms with Gasteiger partial charge in [-0.05, 0) is 49.4 Å². The molecule has 0 spiro atoms. The Morgan fingerprint density at radius 1 is 1.32 bits per heavy atom. The molecule has 6 nitrogen and oxygen atoms in total. The Morgan fingerprint density at radius 2 is 2.04 bits per heavy atom. The van der Waals surface area contributed by atoms with E-state index in [0.717, 1.165) is 15.1 Å². The fourth-order valence-electron chi connectivity index (χ4n) is 5.29. The Labute approximate surface area is 158 Å². The monoisotopic (exact) mass is 452 g/mol. The van der Waals surface area contributed by atoms with E-state index in [1.165, 1.54) is 0 Å². The van der Waals surface area contributed by atoms with Crippen molar-refractivity contribution >= 4 is 11.8 Å². The zero-order valence-corrected chi connectivity index (χ0v) is 16.0. The van der Waals surface area contributed by atoms with Gasteiger partial charge in [-0.1, -0.05) is 17.3 Å². The largest absolute Gasteiger partial charge is 0.606 e. The molecular formula is C18H19IN3O3+. The molecule has 0 radical (unpaired) electrons. The van der Waals surface area contributed by atoms with Crippen LogP contribution in [0, 0.1) is 37.9 Å². The lowest BCUT2D eigenvalue weighted by molar-refractivity contribution is -0.982. The van der Waals surface area contributed by atoms with Crippen LogP contribution in [-0.2, 0) is 4.79 Å². The average molecular weight is 452 g/mol. The maximum Gasteiger partial charge on any atom is 0.304 e. The van der Waals surface area contributed by atoms with Gasteiger partial charge in [0.2, 0.25) is 0 Å². The number of amides is 2. The van der Waals surface area contributed by atoms with Crippen LogP contribution in [0.4, 0.5) is 0 Å². The standard InChI is InChI=1S/C18H18IN3O3/c1-18-14-7-6-11(12-8-13(12)14)15(18)22(25)21(17(18)24)20-16(23)9-2-4-10(19)5-3-9/h2-7,11-15,19,22H,8H2,1H3/p+1/t11?,12-,13-,14?,15+,18-/m1/s1. The summed E-state index contributed by atoms with van der Waals surface area (Å²) in [5.41, 5.74) is 2.29. The summed E-state index contributed by atoms with van der Waals surface area (Å²) in [5, 5.41) is 13.7. The molecule has 2 amide bonds. The molecule has 1 aliphatic heterocycles. The first-order valence-electron chi connectivity index (χ1n) is 8.57. The third-order valence-electron chi connectivity index (χ3n) is 6.59. The van der Waals surface area contributed by atoms with Gasteiger partial charge in [-0.25, -0.2) is 10.6 Å². The first-order chi connectivity index (χ1) is 11.9. The topological polar surface area (TPSA) is 76.9 Å². The molecule has 7 heteroatoms. The number of nitrogens with zero attached hydrogens (tertiary/aromatic N) is 1. The molecule has 5 aliphatic rings. The second kappa shape index (κ2) is 5.05. The van der Waals surface area contributed by atoms with E-state index >= 15 is 0 Å². The Bertz CT molecular complexity index is 810. The van der Waals surface area contributed by atoms with Crippen LogP contribution in [0.2, 0.25) is 0 Å². The zero-order chi connectivity index (χ0) is 17.5. The van der Waals surface area contributed by atoms with E-state index in [1.807, 2.05) is 41.6 Å². The number of hydrogen-bond acceptors (Lipinski definition) is 3. The number of hydrogen-bond donors (Lipinski definition) is 2. The third kappa shape index (κ3) is 1.97. The summed E-state index contributed by atoms with van der Waals surface area (Å²) in [4.78, 5) is 25.6. The number of rotatable bonds is 2. The van der Waals surface area contributed by atoms with Crippen LogP contribution in [-0.4, -0.2) is 23.0 Å². The molecule has 6 rings (SSSR count). The molecule has 4 aliphatic carbocycles. The van der Waals surface area contributed by atoms with E-state index in [2.05, 4.69) is 17.6 Å². The predicted octanol–water partition coefficient (Wildman–Crippen LogP) is -3.25. The van der Waals surface area contributed by atoms with Crippen LogP contribution in [0.15, 0.2) is 36.4 Å². The molecule has 0 aromatic heterocycles. The van der Waals surface area contributed by atoms with E-state index in [9.17, 15) is 14.8 Å². The minimum absolute atomic E-state index is 0.116. The van der Waals surface area contributed by atoms with Gasteiger partial charge in [-0.2, -0.15) is 0 Å². The summed E-state index contributed by atoms with van der Waals surface area (Å²) >= 11 is 1.87. The number of quaternary nitrogens is 1. The zero-order valence-electron chi connectivity index (χ0n) is 13.6. The quantitative estimate of drug-likeness (QED) is 0.281. The van der Waals surface area contributed by atoms with Crippen molar-refractivity contribution in [3.05, 3.63) is 50.8 Å². The average Bonchev–Trinajstić information content (AvgIpc) is 3.38. The van der Waals surface area contributed by atoms with Gasteiger partial charge >= 0.3 is 5.91 Å². The number of hydrazine groups is 1. The highest BCUT2D eigenvalue weighted by molar-refractivity contribution is 5.96. The molecule has 2 bridgehead atoms. The van der Waals surface area contributed by atoms with Crippen molar-refractivity contribution in [2.45, 2.75) is 19.4 Å². The summed E-state index contributed by atoms with van der Waals surface area (Å²) < 4.78 is 1.06. The van der Waals surface area contributed by atoms with Crippen LogP contribution in [0.25, 0.3) is 0 Å². The van der Waals surface area contributed by atoms with E-state index in [-0.39, 0.29) is 29.0 Å². The van der Waals surface area contributed by atoms with Gasteiger partial charge in [0.05, 0.1) is 0 Å². The van der Waals surface area contributed by atoms with Gasteiger partial charge < -0.3 is 5.21 Å². The molecule has 1 heterocycles. The number of nitrogens with one attached hydrogen (secondary N) is 2. The lowest BCUT2D eigenvalue weighted by Gasteiger charge is -2.45. The van der Waals surface area contributed by atoms with Crippen molar-refractivity contribution < 1.29 is 37.4 Å². The Kier molecular flexibility index (Phi) is 3.19. The lowest BCUT2D eigenvalue weighted by atomic mass is 9.57. The molecule has 3 fully saturated rings. The van der Waals surface area contributed by atoms with Crippen molar-refractivity contribution in [2.75, 3.05) is 0 Å². The fraction of sp³-hybridized carbons (Fsp3) is 0.444. The highest BCUT2D eigenvalue weighted by Crippen LogP contribution is 2.65. The van der Waals surface area contributed by atoms with E-state index in [0.29, 0.717) is 17.4 Å². The molecule has 1 aromatic carbocycles. The summed E-state index contributed by atoms with van der Waals surface area (Å²) in [6, 6.07) is 6.75. The van der Waals surface area contributed by atoms with Gasteiger partial charge in [-0.3, -0.25) is 9.59 Å². The third-order valence-corrected chi connectivity index (χ3v) is 7.37. The van der Waals surface area contributed by atoms with Gasteiger partial charge in [0, 0.05) is 17.4 Å². The van der Waals surface area contributed by atoms with E-state index in [4.69, 9.17) is 0 Å². The van der Waals surface area contributed by atoms with E-state index in [1.54, 1.807) is 12.1 Å². The Balaban J connectivity index is 1.44. The summed E-state index contributed by atoms with van der Waals surface area (Å²) in [6.07, 6.45) is 5.37. The Hall–Kier alpha value is -1.45. The highest BCUT2D eigenvalue weighted by Gasteiger charge is 2.74. The molecule has 7 atom stereocenters. The number of benzene rings is 1. The fourth-order valence-corrected chi connectivity index (χ4v) is 5.68. The van der Waals surface area contributed by atoms with Gasteiger partial charge in [0.1, 0.15) is 11.5 Å². The number of carbonyl (C=O) groups excluding carboxylic acids is 2. The second-order valence-electron chi connectivity index (χ2n) is 7.76. The summed E-state index contributed by atoms with van der Waals surface area (Å²) in [6.45, 7) is 1.91. The number of halogens is 1. The van der Waals surface area contributed by atoms with Crippen LogP contribution in [0.3, 0.4) is 0 Å². The SMILES string of the molecule is C[C@]12C(=O)N(NC(=O)c3ccc([IH+])cc3)[NH+]([O-])[C@H]1C1C=CC2[C@@H]2C[C@H]12. The van der Waals surface area contributed by atoms with Crippen molar-refractivity contribution in [1.29, 1.82) is 0 Å². The normalized spacial score (nSPS) is 43.0. The van der Waals surface area contributed by atoms with E-state index < -0.39 is 11.3 Å². The van der Waals surface area contributed by atoms with Crippen LogP contribution in [0.1, 0.15) is 23.7 Å². The van der Waals surface area contributed by atoms with Gasteiger partial charge in [-0.15, -0.1) is 0 Å². The maximum absolute atomic E-state index is 13.1. The van der Waals surface area contributed by atoms with Crippen molar-refractivity contribution in [3.63, 3.8) is 0 Å². The molecule has 2 saturated carbocycles. The molecule has 130 valence electrons. The minimum Gasteiger partial charge on any atom is -0.606 e. The summed E-state index contributed by atoms with van der Waals surface area (Å²) in [5.74, 6) is 0.645. The summed E-state index contributed by atoms with van der Waals surface area (Å²) in [7, 11) is 0. The second-order valence-corrected chi connectivity index (χ2v) is 9.10. The number of allylic oxidation sites excluding steroid dienone is 1. The minimum atomic E-state index is -0.713. The van der Waals surface area contributed by atoms with Gasteiger partial charge in [0.25, 0.3) is 28.5 Å². The first-order valence-corrected chi connectivity index (χ1v) is 9.74. The lowest BCUT2D eigenvalue weighted by Crippen LogP contribution is -3.34. The molecule has 1 aromatic rings. The molecular weight excluding hydrogens is 433 g/mol. The first kappa shape index (κ1) is 15.8. The van der Waals surface area contributed by atoms with Crippen LogP contribution in [0.5, 0.6) is 0 Å². The molecule has 25 heavy (non-hydrogen) atoms. The van der Waals surface area contributed by atoms with Crippen LogP contribution < -0.4 is 33.2 Å². The molecule has 2 N–H and O–H groups in total. The molecule has 1 saturated heterocycles. The number of carbonyl (C=O) groups is 2. The van der Waals surface area contributed by atoms with Crippen molar-refractivity contribution in [1.82, 2.24) is 10.5 Å². The molecule has 3 unspecified atom stereocenters. The van der Waals surface area contributed by atoms with Crippen molar-refractivity contribution in [2.24, 2.45) is 29.1 Å². The smallest absolute Gasteiger partial charge is 0.304 e. The maximum atomic E-state index is 13.1. The highest BCUT2D eigenvalue weighted by atomic mass is 127. The van der Waals surface area contributed by atoms with Crippen LogP contribution >= 0.6 is 0 Å². The number of hydroxylamine groups is 1.